The van der Waals surface area contributed by atoms with Gasteiger partial charge in [0.1, 0.15) is 11.9 Å². The number of carbonyl (C=O) groups excluding carboxylic acids is 2. The van der Waals surface area contributed by atoms with Crippen LogP contribution in [0, 0.1) is 5.82 Å². The first-order valence-corrected chi connectivity index (χ1v) is 11.9. The molecule has 8 nitrogen and oxygen atoms in total. The minimum Gasteiger partial charge on any atom is -0.369 e. The van der Waals surface area contributed by atoms with Crippen molar-refractivity contribution in [3.63, 3.8) is 0 Å². The van der Waals surface area contributed by atoms with Crippen LogP contribution in [0.1, 0.15) is 40.6 Å². The first-order chi connectivity index (χ1) is 16.2. The van der Waals surface area contributed by atoms with E-state index in [0.717, 1.165) is 10.4 Å². The number of nitrogens with one attached hydrogen (secondary N) is 1. The van der Waals surface area contributed by atoms with E-state index in [2.05, 4.69) is 5.32 Å². The topological polar surface area (TPSA) is 107 Å². The Bertz CT molecular complexity index is 1230. The fourth-order valence-electron chi connectivity index (χ4n) is 3.68. The molecule has 2 amide bonds. The fourth-order valence-corrected chi connectivity index (χ4v) is 4.63. The van der Waals surface area contributed by atoms with Crippen LogP contribution in [0.3, 0.4) is 0 Å². The van der Waals surface area contributed by atoms with Crippen LogP contribution in [0.5, 0.6) is 0 Å². The number of rotatable bonds is 6. The van der Waals surface area contributed by atoms with Gasteiger partial charge >= 0.3 is 6.18 Å². The summed E-state index contributed by atoms with van der Waals surface area (Å²) in [7, 11) is -1.12. The van der Waals surface area contributed by atoms with Gasteiger partial charge in [-0.3, -0.25) is 9.59 Å². The van der Waals surface area contributed by atoms with Crippen molar-refractivity contribution in [2.24, 2.45) is 0 Å². The van der Waals surface area contributed by atoms with Gasteiger partial charge in [0.2, 0.25) is 15.9 Å². The van der Waals surface area contributed by atoms with E-state index in [9.17, 15) is 40.7 Å². The van der Waals surface area contributed by atoms with Crippen molar-refractivity contribution >= 4 is 21.8 Å². The Morgan fingerprint density at radius 1 is 1.17 bits per heavy atom. The highest BCUT2D eigenvalue weighted by molar-refractivity contribution is 7.89. The SMILES string of the molecule is CN(C)S(=O)(=O)c1cccc(C(=O)N2CCC[C@@H]2C(=O)N[C@@H](O)c2ccc(C(F)(F)F)cc2F)c1. The minimum absolute atomic E-state index is 0.0296. The quantitative estimate of drug-likeness (QED) is 0.453. The van der Waals surface area contributed by atoms with Crippen LogP contribution in [0.15, 0.2) is 47.4 Å². The lowest BCUT2D eigenvalue weighted by Crippen LogP contribution is -2.47. The van der Waals surface area contributed by atoms with E-state index >= 15 is 0 Å². The zero-order valence-electron chi connectivity index (χ0n) is 18.7. The van der Waals surface area contributed by atoms with Crippen molar-refractivity contribution in [3.05, 3.63) is 65.0 Å². The molecule has 0 aromatic heterocycles. The van der Waals surface area contributed by atoms with Gasteiger partial charge in [0.25, 0.3) is 5.91 Å². The van der Waals surface area contributed by atoms with Crippen LogP contribution < -0.4 is 5.32 Å². The maximum absolute atomic E-state index is 14.1. The third-order valence-electron chi connectivity index (χ3n) is 5.58. The Hall–Kier alpha value is -3.03. The van der Waals surface area contributed by atoms with Gasteiger partial charge in [-0.15, -0.1) is 0 Å². The van der Waals surface area contributed by atoms with Crippen LogP contribution in [0.25, 0.3) is 0 Å². The molecule has 3 rings (SSSR count). The van der Waals surface area contributed by atoms with E-state index in [0.29, 0.717) is 12.5 Å². The average molecular weight is 518 g/mol. The number of sulfonamides is 1. The predicted molar refractivity (Wildman–Crippen MR) is 116 cm³/mol. The van der Waals surface area contributed by atoms with Crippen molar-refractivity contribution in [2.45, 2.75) is 36.2 Å². The molecule has 2 atom stereocenters. The standard InChI is InChI=1S/C22H23F4N3O5S/c1-28(2)35(33,34)15-6-3-5-13(11-15)21(32)29-10-4-7-18(29)20(31)27-19(30)16-9-8-14(12-17(16)23)22(24,25)26/h3,5-6,8-9,11-12,18-19,30H,4,7,10H2,1-2H3,(H,27,31)/t18-,19+/m1/s1. The van der Waals surface area contributed by atoms with E-state index in [1.54, 1.807) is 0 Å². The van der Waals surface area contributed by atoms with Crippen molar-refractivity contribution in [1.82, 2.24) is 14.5 Å². The number of benzene rings is 2. The number of carbonyl (C=O) groups is 2. The zero-order valence-corrected chi connectivity index (χ0v) is 19.5. The van der Waals surface area contributed by atoms with Gasteiger partial charge in [-0.05, 0) is 43.2 Å². The molecule has 0 bridgehead atoms. The molecule has 13 heteroatoms. The number of alkyl halides is 3. The summed E-state index contributed by atoms with van der Waals surface area (Å²) in [6.45, 7) is 0.173. The lowest BCUT2D eigenvalue weighted by atomic mass is 10.1. The molecule has 0 radical (unpaired) electrons. The maximum atomic E-state index is 14.1. The molecule has 0 saturated carbocycles. The lowest BCUT2D eigenvalue weighted by molar-refractivity contribution is -0.138. The molecule has 1 fully saturated rings. The van der Waals surface area contributed by atoms with E-state index in [1.165, 1.54) is 43.3 Å². The first kappa shape index (κ1) is 26.6. The number of aliphatic hydroxyl groups is 1. The van der Waals surface area contributed by atoms with Crippen LogP contribution >= 0.6 is 0 Å². The van der Waals surface area contributed by atoms with Crippen molar-refractivity contribution in [1.29, 1.82) is 0 Å². The Kier molecular flexibility index (Phi) is 7.53. The van der Waals surface area contributed by atoms with Gasteiger partial charge in [0.05, 0.1) is 10.5 Å². The first-order valence-electron chi connectivity index (χ1n) is 10.4. The Morgan fingerprint density at radius 3 is 2.46 bits per heavy atom. The molecular formula is C22H23F4N3O5S. The van der Waals surface area contributed by atoms with Crippen LogP contribution in [0.2, 0.25) is 0 Å². The number of amides is 2. The highest BCUT2D eigenvalue weighted by Crippen LogP contribution is 2.31. The third kappa shape index (κ3) is 5.63. The number of hydrogen-bond donors (Lipinski definition) is 2. The monoisotopic (exact) mass is 517 g/mol. The molecule has 0 unspecified atom stereocenters. The van der Waals surface area contributed by atoms with Crippen molar-refractivity contribution in [2.75, 3.05) is 20.6 Å². The molecule has 2 aromatic carbocycles. The molecule has 1 heterocycles. The summed E-state index contributed by atoms with van der Waals surface area (Å²) in [5.41, 5.74) is -1.78. The molecule has 1 aliphatic heterocycles. The smallest absolute Gasteiger partial charge is 0.369 e. The number of halogens is 4. The van der Waals surface area contributed by atoms with Gasteiger partial charge in [-0.2, -0.15) is 13.2 Å². The third-order valence-corrected chi connectivity index (χ3v) is 7.39. The Morgan fingerprint density at radius 2 is 1.86 bits per heavy atom. The number of hydrogen-bond acceptors (Lipinski definition) is 5. The van der Waals surface area contributed by atoms with Crippen LogP contribution in [-0.2, 0) is 21.0 Å². The van der Waals surface area contributed by atoms with E-state index in [1.807, 2.05) is 0 Å². The summed E-state index contributed by atoms with van der Waals surface area (Å²) in [5.74, 6) is -2.81. The minimum atomic E-state index is -4.78. The maximum Gasteiger partial charge on any atom is 0.416 e. The normalized spacial score (nSPS) is 17.5. The molecule has 35 heavy (non-hydrogen) atoms. The van der Waals surface area contributed by atoms with Gasteiger partial charge in [0, 0.05) is 31.8 Å². The van der Waals surface area contributed by atoms with Gasteiger partial charge in [0.15, 0.2) is 6.23 Å². The molecule has 190 valence electrons. The molecule has 1 saturated heterocycles. The highest BCUT2D eigenvalue weighted by Gasteiger charge is 2.36. The van der Waals surface area contributed by atoms with Crippen molar-refractivity contribution in [3.8, 4) is 0 Å². The average Bonchev–Trinajstić information content (AvgIpc) is 3.28. The number of likely N-dealkylation sites (tertiary alicyclic amines) is 1. The van der Waals surface area contributed by atoms with Gasteiger partial charge in [-0.1, -0.05) is 12.1 Å². The molecule has 1 aliphatic rings. The van der Waals surface area contributed by atoms with E-state index in [-0.39, 0.29) is 29.5 Å². The summed E-state index contributed by atoms with van der Waals surface area (Å²) in [6.07, 6.45) is -6.07. The summed E-state index contributed by atoms with van der Waals surface area (Å²) in [5, 5.41) is 12.3. The molecule has 2 N–H and O–H groups in total. The second kappa shape index (κ2) is 9.91. The molecule has 0 aliphatic carbocycles. The Balaban J connectivity index is 1.77. The van der Waals surface area contributed by atoms with Gasteiger partial charge in [-0.25, -0.2) is 17.1 Å². The van der Waals surface area contributed by atoms with Crippen LogP contribution in [0.4, 0.5) is 17.6 Å². The highest BCUT2D eigenvalue weighted by atomic mass is 32.2. The summed E-state index contributed by atoms with van der Waals surface area (Å²) in [6, 6.07) is 5.77. The second-order valence-corrected chi connectivity index (χ2v) is 10.3. The largest absolute Gasteiger partial charge is 0.416 e. The summed E-state index contributed by atoms with van der Waals surface area (Å²) < 4.78 is 78.1. The van der Waals surface area contributed by atoms with E-state index < -0.39 is 57.2 Å². The van der Waals surface area contributed by atoms with Crippen LogP contribution in [-0.4, -0.2) is 61.2 Å². The molecule has 2 aromatic rings. The lowest BCUT2D eigenvalue weighted by Gasteiger charge is -2.26. The second-order valence-electron chi connectivity index (χ2n) is 8.12. The van der Waals surface area contributed by atoms with Gasteiger partial charge < -0.3 is 15.3 Å². The Labute approximate surface area is 199 Å². The fraction of sp³-hybridized carbons (Fsp3) is 0.364. The van der Waals surface area contributed by atoms with E-state index in [4.69, 9.17) is 0 Å². The molecular weight excluding hydrogens is 494 g/mol. The predicted octanol–water partition coefficient (Wildman–Crippen LogP) is 2.51. The number of nitrogens with zero attached hydrogens (tertiary/aromatic N) is 2. The zero-order chi connectivity index (χ0) is 26.1. The van der Waals surface area contributed by atoms with Crippen molar-refractivity contribution < 1.29 is 40.7 Å². The number of aliphatic hydroxyl groups excluding tert-OH is 1. The summed E-state index contributed by atoms with van der Waals surface area (Å²) in [4.78, 5) is 26.9. The summed E-state index contributed by atoms with van der Waals surface area (Å²) >= 11 is 0. The molecule has 0 spiro atoms.